The molecule has 1 fully saturated rings. The van der Waals surface area contributed by atoms with Gasteiger partial charge >= 0.3 is 6.09 Å². The monoisotopic (exact) mass is 484 g/mol. The number of aliphatic hydroxyl groups excluding tert-OH is 1. The maximum Gasteiger partial charge on any atom is 0.410 e. The number of nitro benzene ring substituents is 1. The van der Waals surface area contributed by atoms with Crippen LogP contribution in [0.1, 0.15) is 43.9 Å². The second kappa shape index (κ2) is 9.41. The fourth-order valence-electron chi connectivity index (χ4n) is 4.47. The van der Waals surface area contributed by atoms with Gasteiger partial charge < -0.3 is 25.6 Å². The summed E-state index contributed by atoms with van der Waals surface area (Å²) in [6, 6.07) is 10.0. The van der Waals surface area contributed by atoms with Crippen LogP contribution in [0.3, 0.4) is 0 Å². The third kappa shape index (κ3) is 4.85. The lowest BCUT2D eigenvalue weighted by molar-refractivity contribution is -0.384. The molecule has 0 aromatic heterocycles. The van der Waals surface area contributed by atoms with Crippen LogP contribution in [0.2, 0.25) is 0 Å². The van der Waals surface area contributed by atoms with Crippen molar-refractivity contribution in [3.63, 3.8) is 0 Å². The molecule has 2 unspecified atom stereocenters. The summed E-state index contributed by atoms with van der Waals surface area (Å²) in [4.78, 5) is 38.1. The van der Waals surface area contributed by atoms with Crippen molar-refractivity contribution < 1.29 is 29.1 Å². The number of benzene rings is 2. The maximum atomic E-state index is 13.3. The van der Waals surface area contributed by atoms with E-state index in [1.165, 1.54) is 17.0 Å². The van der Waals surface area contributed by atoms with Gasteiger partial charge in [0.2, 0.25) is 5.91 Å². The lowest BCUT2D eigenvalue weighted by atomic mass is 9.86. The quantitative estimate of drug-likeness (QED) is 0.332. The molecule has 2 amide bonds. The number of rotatable bonds is 5. The lowest BCUT2D eigenvalue weighted by Crippen LogP contribution is -2.56. The van der Waals surface area contributed by atoms with Gasteiger partial charge in [-0.2, -0.15) is 0 Å². The predicted octanol–water partition coefficient (Wildman–Crippen LogP) is 2.67. The molecule has 11 nitrogen and oxygen atoms in total. The molecular weight excluding hydrogens is 456 g/mol. The van der Waals surface area contributed by atoms with Gasteiger partial charge in [-0.1, -0.05) is 30.3 Å². The smallest absolute Gasteiger partial charge is 0.410 e. The summed E-state index contributed by atoms with van der Waals surface area (Å²) in [6.07, 6.45) is -0.723. The van der Waals surface area contributed by atoms with E-state index in [2.05, 4.69) is 5.32 Å². The van der Waals surface area contributed by atoms with Crippen LogP contribution < -0.4 is 15.8 Å². The number of hydrogen-bond donors (Lipinski definition) is 3. The highest BCUT2D eigenvalue weighted by Crippen LogP contribution is 2.43. The highest BCUT2D eigenvalue weighted by atomic mass is 16.6. The third-order valence-electron chi connectivity index (χ3n) is 6.38. The van der Waals surface area contributed by atoms with Crippen molar-refractivity contribution in [1.29, 1.82) is 0 Å². The molecular formula is C24H28N4O7. The summed E-state index contributed by atoms with van der Waals surface area (Å²) in [7, 11) is 0. The van der Waals surface area contributed by atoms with Crippen LogP contribution in [0.4, 0.5) is 16.2 Å². The minimum atomic E-state index is -1.18. The van der Waals surface area contributed by atoms with Gasteiger partial charge in [0.05, 0.1) is 17.0 Å². The van der Waals surface area contributed by atoms with Gasteiger partial charge in [-0.15, -0.1) is 0 Å². The van der Waals surface area contributed by atoms with Crippen LogP contribution in [0.5, 0.6) is 5.75 Å². The molecule has 1 saturated heterocycles. The van der Waals surface area contributed by atoms with Gasteiger partial charge in [-0.3, -0.25) is 19.8 Å². The van der Waals surface area contributed by atoms with Crippen LogP contribution in [0.15, 0.2) is 42.5 Å². The molecule has 0 saturated carbocycles. The molecule has 0 bridgehead atoms. The molecule has 186 valence electrons. The summed E-state index contributed by atoms with van der Waals surface area (Å²) in [6.45, 7) is 3.68. The molecule has 2 heterocycles. The van der Waals surface area contributed by atoms with Gasteiger partial charge in [0.15, 0.2) is 0 Å². The largest absolute Gasteiger partial charge is 0.484 e. The molecule has 2 aromatic carbocycles. The molecule has 11 heteroatoms. The number of nitrogens with one attached hydrogen (secondary N) is 1. The summed E-state index contributed by atoms with van der Waals surface area (Å²) < 4.78 is 11.2. The normalized spacial score (nSPS) is 22.6. The molecule has 0 spiro atoms. The molecule has 4 rings (SSSR count). The Balaban J connectivity index is 1.52. The Morgan fingerprint density at radius 2 is 2.03 bits per heavy atom. The Bertz CT molecular complexity index is 1140. The van der Waals surface area contributed by atoms with E-state index in [4.69, 9.17) is 15.2 Å². The standard InChI is InChI=1S/C24H28N4O7/c1-24(2)21(29)20(15-11-16(25)18(28(32)33)12-19(15)35-24)26-22(30)17-9-6-10-27(17)23(31)34-13-14-7-4-3-5-8-14/h3-5,7-8,11-12,17,20-21,29H,6,9-10,13,25H2,1-2H3,(H,26,30)/t17-,20?,21?/m0/s1. The van der Waals surface area contributed by atoms with Crippen LogP contribution in [-0.2, 0) is 16.1 Å². The van der Waals surface area contributed by atoms with Crippen molar-refractivity contribution in [3.8, 4) is 5.75 Å². The van der Waals surface area contributed by atoms with Gasteiger partial charge in [-0.25, -0.2) is 4.79 Å². The topological polar surface area (TPSA) is 157 Å². The van der Waals surface area contributed by atoms with Crippen molar-refractivity contribution in [1.82, 2.24) is 10.2 Å². The summed E-state index contributed by atoms with van der Waals surface area (Å²) in [5.74, 6) is -0.319. The predicted molar refractivity (Wildman–Crippen MR) is 125 cm³/mol. The first-order valence-electron chi connectivity index (χ1n) is 11.3. The number of nitrogens with two attached hydrogens (primary N) is 1. The number of hydrogen-bond acceptors (Lipinski definition) is 8. The molecule has 3 atom stereocenters. The van der Waals surface area contributed by atoms with E-state index in [0.717, 1.165) is 5.56 Å². The van der Waals surface area contributed by atoms with Crippen molar-refractivity contribution in [2.75, 3.05) is 12.3 Å². The van der Waals surface area contributed by atoms with Crippen molar-refractivity contribution in [2.45, 2.75) is 57.1 Å². The number of carbonyl (C=O) groups is 2. The number of nitrogen functional groups attached to an aromatic ring is 1. The Hall–Kier alpha value is -3.86. The minimum absolute atomic E-state index is 0.0861. The number of nitro groups is 1. The molecule has 0 radical (unpaired) electrons. The molecule has 0 aliphatic carbocycles. The number of ether oxygens (including phenoxy) is 2. The van der Waals surface area contributed by atoms with Crippen molar-refractivity contribution in [2.24, 2.45) is 0 Å². The number of amides is 2. The Morgan fingerprint density at radius 3 is 2.71 bits per heavy atom. The molecule has 35 heavy (non-hydrogen) atoms. The Kier molecular flexibility index (Phi) is 6.53. The molecule has 2 aliphatic rings. The van der Waals surface area contributed by atoms with Crippen LogP contribution in [-0.4, -0.2) is 51.2 Å². The van der Waals surface area contributed by atoms with E-state index in [1.54, 1.807) is 13.8 Å². The number of fused-ring (bicyclic) bond motifs is 1. The first-order chi connectivity index (χ1) is 16.6. The van der Waals surface area contributed by atoms with E-state index in [-0.39, 0.29) is 23.7 Å². The first-order valence-corrected chi connectivity index (χ1v) is 11.3. The van der Waals surface area contributed by atoms with E-state index in [0.29, 0.717) is 24.9 Å². The van der Waals surface area contributed by atoms with Crippen LogP contribution in [0.25, 0.3) is 0 Å². The summed E-state index contributed by atoms with van der Waals surface area (Å²) in [5, 5.41) is 25.1. The highest BCUT2D eigenvalue weighted by Gasteiger charge is 2.46. The van der Waals surface area contributed by atoms with E-state index < -0.39 is 40.7 Å². The Labute approximate surface area is 202 Å². The van der Waals surface area contributed by atoms with E-state index >= 15 is 0 Å². The van der Waals surface area contributed by atoms with Crippen molar-refractivity contribution >= 4 is 23.4 Å². The third-order valence-corrected chi connectivity index (χ3v) is 6.38. The number of aliphatic hydroxyl groups is 1. The fraction of sp³-hybridized carbons (Fsp3) is 0.417. The zero-order valence-electron chi connectivity index (χ0n) is 19.5. The number of likely N-dealkylation sites (tertiary alicyclic amines) is 1. The van der Waals surface area contributed by atoms with Crippen LogP contribution >= 0.6 is 0 Å². The zero-order valence-corrected chi connectivity index (χ0v) is 19.5. The summed E-state index contributed by atoms with van der Waals surface area (Å²) in [5.41, 5.74) is 5.41. The highest BCUT2D eigenvalue weighted by molar-refractivity contribution is 5.87. The number of carbonyl (C=O) groups excluding carboxylic acids is 2. The number of anilines is 1. The SMILES string of the molecule is CC1(C)Oc2cc([N+](=O)[O-])c(N)cc2C(NC(=O)[C@@H]2CCCN2C(=O)OCc2ccccc2)C1O. The number of nitrogens with zero attached hydrogens (tertiary/aromatic N) is 2. The molecule has 4 N–H and O–H groups in total. The second-order valence-electron chi connectivity index (χ2n) is 9.23. The fourth-order valence-corrected chi connectivity index (χ4v) is 4.47. The van der Waals surface area contributed by atoms with Gasteiger partial charge in [-0.05, 0) is 38.3 Å². The zero-order chi connectivity index (χ0) is 25.3. The summed E-state index contributed by atoms with van der Waals surface area (Å²) >= 11 is 0. The van der Waals surface area contributed by atoms with Gasteiger partial charge in [0, 0.05) is 12.1 Å². The van der Waals surface area contributed by atoms with E-state index in [9.17, 15) is 24.8 Å². The van der Waals surface area contributed by atoms with E-state index in [1.807, 2.05) is 30.3 Å². The average molecular weight is 485 g/mol. The van der Waals surface area contributed by atoms with Crippen LogP contribution in [0, 0.1) is 10.1 Å². The Morgan fingerprint density at radius 1 is 1.31 bits per heavy atom. The molecule has 2 aliphatic heterocycles. The molecule has 2 aromatic rings. The minimum Gasteiger partial charge on any atom is -0.484 e. The van der Waals surface area contributed by atoms with Gasteiger partial charge in [0.25, 0.3) is 5.69 Å². The first kappa shape index (κ1) is 24.3. The maximum absolute atomic E-state index is 13.3. The average Bonchev–Trinajstić information content (AvgIpc) is 3.31. The van der Waals surface area contributed by atoms with Gasteiger partial charge in [0.1, 0.15) is 35.8 Å². The van der Waals surface area contributed by atoms with Crippen molar-refractivity contribution in [3.05, 3.63) is 63.7 Å². The lowest BCUT2D eigenvalue weighted by Gasteiger charge is -2.42. The second-order valence-corrected chi connectivity index (χ2v) is 9.23.